The van der Waals surface area contributed by atoms with Crippen LogP contribution in [0.4, 0.5) is 5.69 Å². The van der Waals surface area contributed by atoms with E-state index >= 15 is 0 Å². The Balaban J connectivity index is 1.82. The monoisotopic (exact) mass is 365 g/mol. The molecule has 138 valence electrons. The Kier molecular flexibility index (Phi) is 5.21. The van der Waals surface area contributed by atoms with Crippen LogP contribution in [0.5, 0.6) is 5.75 Å². The largest absolute Gasteiger partial charge is 0.497 e. The van der Waals surface area contributed by atoms with Crippen LogP contribution in [-0.2, 0) is 11.3 Å². The van der Waals surface area contributed by atoms with Crippen LogP contribution >= 0.6 is 0 Å². The average molecular weight is 365 g/mol. The number of benzene rings is 2. The molecule has 1 amide bonds. The second-order valence-corrected chi connectivity index (χ2v) is 6.02. The highest BCUT2D eigenvalue weighted by Crippen LogP contribution is 2.14. The van der Waals surface area contributed by atoms with Gasteiger partial charge >= 0.3 is 11.1 Å². The predicted octanol–water partition coefficient (Wildman–Crippen LogP) is 1.95. The first-order chi connectivity index (χ1) is 13.0. The van der Waals surface area contributed by atoms with E-state index < -0.39 is 11.1 Å². The van der Waals surface area contributed by atoms with Crippen molar-refractivity contribution in [1.29, 1.82) is 0 Å². The SMILES string of the molecule is COc1cccc(-n2ccn(CC(=O)Nc3ccc(C)cc3)c(=O)c2=O)c1. The third-order valence-electron chi connectivity index (χ3n) is 4.04. The summed E-state index contributed by atoms with van der Waals surface area (Å²) in [5.41, 5.74) is 0.690. The molecule has 0 spiro atoms. The van der Waals surface area contributed by atoms with Crippen LogP contribution in [0, 0.1) is 6.92 Å². The van der Waals surface area contributed by atoms with Crippen molar-refractivity contribution in [1.82, 2.24) is 9.13 Å². The quantitative estimate of drug-likeness (QED) is 0.701. The molecule has 0 bridgehead atoms. The van der Waals surface area contributed by atoms with Crippen molar-refractivity contribution in [2.45, 2.75) is 13.5 Å². The number of amides is 1. The normalized spacial score (nSPS) is 10.4. The van der Waals surface area contributed by atoms with Crippen LogP contribution in [0.25, 0.3) is 5.69 Å². The molecule has 0 fully saturated rings. The van der Waals surface area contributed by atoms with Gasteiger partial charge < -0.3 is 10.1 Å². The zero-order valence-corrected chi connectivity index (χ0v) is 15.0. The van der Waals surface area contributed by atoms with Gasteiger partial charge in [0.25, 0.3) is 0 Å². The maximum atomic E-state index is 12.4. The summed E-state index contributed by atoms with van der Waals surface area (Å²) < 4.78 is 7.44. The number of nitrogens with zero attached hydrogens (tertiary/aromatic N) is 2. The molecule has 7 nitrogen and oxygen atoms in total. The molecule has 27 heavy (non-hydrogen) atoms. The third-order valence-corrected chi connectivity index (χ3v) is 4.04. The van der Waals surface area contributed by atoms with Gasteiger partial charge in [-0.05, 0) is 31.2 Å². The van der Waals surface area contributed by atoms with Gasteiger partial charge in [0.15, 0.2) is 0 Å². The van der Waals surface area contributed by atoms with Crippen LogP contribution in [0.2, 0.25) is 0 Å². The summed E-state index contributed by atoms with van der Waals surface area (Å²) in [7, 11) is 1.52. The first-order valence-electron chi connectivity index (χ1n) is 8.31. The molecule has 0 saturated carbocycles. The summed E-state index contributed by atoms with van der Waals surface area (Å²) in [5, 5.41) is 2.70. The Hall–Kier alpha value is -3.61. The van der Waals surface area contributed by atoms with Crippen LogP contribution < -0.4 is 21.2 Å². The number of carbonyl (C=O) groups is 1. The number of ether oxygens (including phenoxy) is 1. The van der Waals surface area contributed by atoms with Crippen molar-refractivity contribution in [3.05, 3.63) is 87.2 Å². The maximum Gasteiger partial charge on any atom is 0.320 e. The molecule has 0 aliphatic carbocycles. The van der Waals surface area contributed by atoms with Gasteiger partial charge in [0.1, 0.15) is 12.3 Å². The molecule has 7 heteroatoms. The molecule has 0 unspecified atom stereocenters. The van der Waals surface area contributed by atoms with Gasteiger partial charge in [-0.1, -0.05) is 23.8 Å². The molecule has 1 N–H and O–H groups in total. The highest BCUT2D eigenvalue weighted by atomic mass is 16.5. The highest BCUT2D eigenvalue weighted by molar-refractivity contribution is 5.90. The van der Waals surface area contributed by atoms with E-state index in [1.54, 1.807) is 36.4 Å². The summed E-state index contributed by atoms with van der Waals surface area (Å²) in [6.45, 7) is 1.70. The first-order valence-corrected chi connectivity index (χ1v) is 8.31. The molecule has 3 rings (SSSR count). The van der Waals surface area contributed by atoms with Crippen molar-refractivity contribution in [2.75, 3.05) is 12.4 Å². The predicted molar refractivity (Wildman–Crippen MR) is 103 cm³/mol. The number of hydrogen-bond acceptors (Lipinski definition) is 4. The topological polar surface area (TPSA) is 82.3 Å². The number of nitrogens with one attached hydrogen (secondary N) is 1. The fourth-order valence-corrected chi connectivity index (χ4v) is 2.59. The minimum atomic E-state index is -0.778. The van der Waals surface area contributed by atoms with Crippen LogP contribution in [-0.4, -0.2) is 22.2 Å². The molecular formula is C20H19N3O4. The number of anilines is 1. The zero-order valence-electron chi connectivity index (χ0n) is 15.0. The van der Waals surface area contributed by atoms with E-state index in [0.717, 1.165) is 10.1 Å². The lowest BCUT2D eigenvalue weighted by Crippen LogP contribution is -2.41. The van der Waals surface area contributed by atoms with Crippen molar-refractivity contribution in [3.8, 4) is 11.4 Å². The number of aryl methyl sites for hydroxylation is 1. The molecule has 0 aliphatic heterocycles. The van der Waals surface area contributed by atoms with Crippen molar-refractivity contribution in [3.63, 3.8) is 0 Å². The molecule has 1 aromatic heterocycles. The minimum absolute atomic E-state index is 0.249. The van der Waals surface area contributed by atoms with Gasteiger partial charge in [-0.3, -0.25) is 23.5 Å². The second kappa shape index (κ2) is 7.74. The Bertz CT molecular complexity index is 1080. The summed E-state index contributed by atoms with van der Waals surface area (Å²) in [4.78, 5) is 37.0. The Morgan fingerprint density at radius 3 is 2.48 bits per heavy atom. The van der Waals surface area contributed by atoms with Crippen LogP contribution in [0.15, 0.2) is 70.5 Å². The smallest absolute Gasteiger partial charge is 0.320 e. The number of aromatic nitrogens is 2. The van der Waals surface area contributed by atoms with E-state index in [1.165, 1.54) is 24.1 Å². The standard InChI is InChI=1S/C20H19N3O4/c1-14-6-8-15(9-7-14)21-18(24)13-22-10-11-23(20(26)19(22)25)16-4-3-5-17(12-16)27-2/h3-12H,13H2,1-2H3,(H,21,24). The number of rotatable bonds is 5. The fourth-order valence-electron chi connectivity index (χ4n) is 2.59. The van der Waals surface area contributed by atoms with Gasteiger partial charge in [0.2, 0.25) is 5.91 Å². The van der Waals surface area contributed by atoms with E-state index in [1.807, 2.05) is 19.1 Å². The van der Waals surface area contributed by atoms with Crippen molar-refractivity contribution in [2.24, 2.45) is 0 Å². The van der Waals surface area contributed by atoms with Gasteiger partial charge in [-0.15, -0.1) is 0 Å². The number of methoxy groups -OCH3 is 1. The number of hydrogen-bond donors (Lipinski definition) is 1. The zero-order chi connectivity index (χ0) is 19.4. The van der Waals surface area contributed by atoms with E-state index in [4.69, 9.17) is 4.74 Å². The van der Waals surface area contributed by atoms with Crippen molar-refractivity contribution >= 4 is 11.6 Å². The van der Waals surface area contributed by atoms with Gasteiger partial charge in [0, 0.05) is 24.1 Å². The summed E-state index contributed by atoms with van der Waals surface area (Å²) in [6, 6.07) is 14.1. The average Bonchev–Trinajstić information content (AvgIpc) is 2.67. The van der Waals surface area contributed by atoms with Gasteiger partial charge in [-0.25, -0.2) is 0 Å². The fraction of sp³-hybridized carbons (Fsp3) is 0.150. The molecule has 0 radical (unpaired) electrons. The molecule has 2 aromatic carbocycles. The van der Waals surface area contributed by atoms with Crippen LogP contribution in [0.3, 0.4) is 0 Å². The van der Waals surface area contributed by atoms with E-state index in [2.05, 4.69) is 5.32 Å². The Morgan fingerprint density at radius 1 is 1.04 bits per heavy atom. The van der Waals surface area contributed by atoms with Crippen molar-refractivity contribution < 1.29 is 9.53 Å². The molecule has 0 saturated heterocycles. The Labute approximate surface area is 155 Å². The third kappa shape index (κ3) is 4.14. The summed E-state index contributed by atoms with van der Waals surface area (Å²) >= 11 is 0. The van der Waals surface area contributed by atoms with Gasteiger partial charge in [-0.2, -0.15) is 0 Å². The molecule has 1 heterocycles. The van der Waals surface area contributed by atoms with E-state index in [9.17, 15) is 14.4 Å². The lowest BCUT2D eigenvalue weighted by molar-refractivity contribution is -0.116. The van der Waals surface area contributed by atoms with Crippen LogP contribution in [0.1, 0.15) is 5.56 Å². The second-order valence-electron chi connectivity index (χ2n) is 6.02. The number of carbonyl (C=O) groups excluding carboxylic acids is 1. The molecular weight excluding hydrogens is 346 g/mol. The lowest BCUT2D eigenvalue weighted by Gasteiger charge is -2.10. The lowest BCUT2D eigenvalue weighted by atomic mass is 10.2. The minimum Gasteiger partial charge on any atom is -0.497 e. The Morgan fingerprint density at radius 2 is 1.78 bits per heavy atom. The van der Waals surface area contributed by atoms with Gasteiger partial charge in [0.05, 0.1) is 12.8 Å². The molecule has 3 aromatic rings. The highest BCUT2D eigenvalue weighted by Gasteiger charge is 2.10. The molecule has 0 atom stereocenters. The maximum absolute atomic E-state index is 12.4. The van der Waals surface area contributed by atoms with E-state index in [-0.39, 0.29) is 12.5 Å². The summed E-state index contributed by atoms with van der Waals surface area (Å²) in [6.07, 6.45) is 2.87. The molecule has 0 aliphatic rings. The van der Waals surface area contributed by atoms with E-state index in [0.29, 0.717) is 17.1 Å². The summed E-state index contributed by atoms with van der Waals surface area (Å²) in [5.74, 6) is 0.181. The first kappa shape index (κ1) is 18.2.